The van der Waals surface area contributed by atoms with Crippen LogP contribution in [0, 0.1) is 5.92 Å². The van der Waals surface area contributed by atoms with Crippen LogP contribution < -0.4 is 4.72 Å². The minimum Gasteiger partial charge on any atom is -0.341 e. The Morgan fingerprint density at radius 3 is 2.77 bits per heavy atom. The van der Waals surface area contributed by atoms with Crippen molar-refractivity contribution in [3.8, 4) is 0 Å². The van der Waals surface area contributed by atoms with E-state index >= 15 is 0 Å². The van der Waals surface area contributed by atoms with Crippen molar-refractivity contribution in [2.24, 2.45) is 5.92 Å². The van der Waals surface area contributed by atoms with E-state index < -0.39 is 15.3 Å². The fourth-order valence-electron chi connectivity index (χ4n) is 4.12. The molecule has 1 saturated heterocycles. The fraction of sp³-hybridized carbons (Fsp3) is 0.450. The normalized spacial score (nSPS) is 25.6. The Labute approximate surface area is 154 Å². The summed E-state index contributed by atoms with van der Waals surface area (Å²) in [4.78, 5) is 14.6. The van der Waals surface area contributed by atoms with Crippen LogP contribution in [-0.2, 0) is 14.8 Å². The summed E-state index contributed by atoms with van der Waals surface area (Å²) in [7, 11) is -3.32. The number of nitrogens with zero attached hydrogens (tertiary/aromatic N) is 1. The lowest BCUT2D eigenvalue weighted by Gasteiger charge is -2.17. The number of benzene rings is 2. The van der Waals surface area contributed by atoms with Gasteiger partial charge in [-0.05, 0) is 35.1 Å². The smallest absolute Gasteiger partial charge is 0.226 e. The number of sulfonamides is 1. The van der Waals surface area contributed by atoms with Crippen molar-refractivity contribution >= 4 is 26.7 Å². The standard InChI is InChI=1S/C20H24N2O3S/c1-2-21-26(24,25)15-10-11-22(13-15)20(23)19-12-18(19)17-9-5-7-14-6-3-4-8-16(14)17/h3-9,15,18-19,21H,2,10-13H2,1H3/t15-,18-,19-/m1/s1. The molecule has 2 aromatic carbocycles. The van der Waals surface area contributed by atoms with Gasteiger partial charge in [0.25, 0.3) is 0 Å². The van der Waals surface area contributed by atoms with Gasteiger partial charge in [0.2, 0.25) is 15.9 Å². The SMILES string of the molecule is CCNS(=O)(=O)[C@@H]1CCN(C(=O)[C@@H]2C[C@@H]2c2cccc3ccccc23)C1. The Morgan fingerprint density at radius 2 is 1.96 bits per heavy atom. The highest BCUT2D eigenvalue weighted by molar-refractivity contribution is 7.90. The molecule has 1 amide bonds. The molecule has 1 aliphatic heterocycles. The van der Waals surface area contributed by atoms with Crippen LogP contribution in [0.1, 0.15) is 31.2 Å². The van der Waals surface area contributed by atoms with Crippen LogP contribution in [0.25, 0.3) is 10.8 Å². The van der Waals surface area contributed by atoms with Crippen LogP contribution in [0.5, 0.6) is 0 Å². The third kappa shape index (κ3) is 3.12. The van der Waals surface area contributed by atoms with Crippen LogP contribution in [0.3, 0.4) is 0 Å². The Kier molecular flexibility index (Phi) is 4.49. The molecular formula is C20H24N2O3S. The molecule has 0 spiro atoms. The molecule has 1 saturated carbocycles. The maximum atomic E-state index is 12.9. The second-order valence-electron chi connectivity index (χ2n) is 7.25. The average Bonchev–Trinajstić information content (AvgIpc) is 3.26. The Bertz CT molecular complexity index is 936. The van der Waals surface area contributed by atoms with Crippen LogP contribution in [0.4, 0.5) is 0 Å². The predicted molar refractivity (Wildman–Crippen MR) is 102 cm³/mol. The summed E-state index contributed by atoms with van der Waals surface area (Å²) in [5, 5.41) is 1.92. The molecule has 0 unspecified atom stereocenters. The van der Waals surface area contributed by atoms with Gasteiger partial charge in [0, 0.05) is 25.6 Å². The summed E-state index contributed by atoms with van der Waals surface area (Å²) in [6.45, 7) is 3.01. The molecule has 1 N–H and O–H groups in total. The van der Waals surface area contributed by atoms with Gasteiger partial charge in [0.1, 0.15) is 0 Å². The summed E-state index contributed by atoms with van der Waals surface area (Å²) in [5.41, 5.74) is 1.23. The van der Waals surface area contributed by atoms with Gasteiger partial charge in [-0.2, -0.15) is 0 Å². The van der Waals surface area contributed by atoms with E-state index in [4.69, 9.17) is 0 Å². The molecule has 0 radical (unpaired) electrons. The van der Waals surface area contributed by atoms with E-state index in [0.29, 0.717) is 26.1 Å². The Morgan fingerprint density at radius 1 is 1.19 bits per heavy atom. The quantitative estimate of drug-likeness (QED) is 0.877. The Balaban J connectivity index is 1.46. The van der Waals surface area contributed by atoms with Gasteiger partial charge >= 0.3 is 0 Å². The number of rotatable bonds is 5. The largest absolute Gasteiger partial charge is 0.341 e. The maximum Gasteiger partial charge on any atom is 0.226 e. The van der Waals surface area contributed by atoms with E-state index in [1.165, 1.54) is 16.3 Å². The summed E-state index contributed by atoms with van der Waals surface area (Å²) >= 11 is 0. The van der Waals surface area contributed by atoms with E-state index in [0.717, 1.165) is 6.42 Å². The predicted octanol–water partition coefficient (Wildman–Crippen LogP) is 2.48. The van der Waals surface area contributed by atoms with Crippen molar-refractivity contribution in [3.63, 3.8) is 0 Å². The van der Waals surface area contributed by atoms with Crippen LogP contribution in [-0.4, -0.2) is 44.1 Å². The number of likely N-dealkylation sites (tertiary alicyclic amines) is 1. The van der Waals surface area contributed by atoms with Crippen LogP contribution in [0.15, 0.2) is 42.5 Å². The van der Waals surface area contributed by atoms with E-state index in [9.17, 15) is 13.2 Å². The highest BCUT2D eigenvalue weighted by Crippen LogP contribution is 2.50. The van der Waals surface area contributed by atoms with E-state index in [1.54, 1.807) is 11.8 Å². The third-order valence-corrected chi connectivity index (χ3v) is 7.52. The highest BCUT2D eigenvalue weighted by atomic mass is 32.2. The number of nitrogens with one attached hydrogen (secondary N) is 1. The molecule has 1 aliphatic carbocycles. The number of amides is 1. The molecule has 3 atom stereocenters. The monoisotopic (exact) mass is 372 g/mol. The van der Waals surface area contributed by atoms with Crippen molar-refractivity contribution < 1.29 is 13.2 Å². The van der Waals surface area contributed by atoms with Gasteiger partial charge in [0.15, 0.2) is 0 Å². The molecule has 0 aromatic heterocycles. The second-order valence-corrected chi connectivity index (χ2v) is 9.30. The minimum atomic E-state index is -3.32. The molecule has 4 rings (SSSR count). The molecule has 138 valence electrons. The Hall–Kier alpha value is -1.92. The lowest BCUT2D eigenvalue weighted by Crippen LogP contribution is -2.38. The molecule has 0 bridgehead atoms. The number of carbonyl (C=O) groups excluding carboxylic acids is 1. The number of hydrogen-bond donors (Lipinski definition) is 1. The van der Waals surface area contributed by atoms with Crippen molar-refractivity contribution in [2.45, 2.75) is 30.9 Å². The first-order chi connectivity index (χ1) is 12.5. The molecule has 2 fully saturated rings. The first-order valence-electron chi connectivity index (χ1n) is 9.26. The molecule has 6 heteroatoms. The fourth-order valence-corrected chi connectivity index (χ4v) is 5.55. The lowest BCUT2D eigenvalue weighted by atomic mass is 10.00. The number of fused-ring (bicyclic) bond motifs is 1. The first kappa shape index (κ1) is 17.5. The van der Waals surface area contributed by atoms with Gasteiger partial charge in [-0.15, -0.1) is 0 Å². The molecule has 2 aliphatic rings. The van der Waals surface area contributed by atoms with Crippen molar-refractivity contribution in [1.82, 2.24) is 9.62 Å². The molecule has 1 heterocycles. The van der Waals surface area contributed by atoms with Crippen molar-refractivity contribution in [3.05, 3.63) is 48.0 Å². The van der Waals surface area contributed by atoms with Crippen LogP contribution in [0.2, 0.25) is 0 Å². The summed E-state index contributed by atoms with van der Waals surface area (Å²) < 4.78 is 26.9. The van der Waals surface area contributed by atoms with Gasteiger partial charge in [0.05, 0.1) is 5.25 Å². The number of carbonyl (C=O) groups is 1. The second kappa shape index (κ2) is 6.67. The van der Waals surface area contributed by atoms with E-state index in [1.807, 2.05) is 18.2 Å². The third-order valence-electron chi connectivity index (χ3n) is 5.57. The molecule has 5 nitrogen and oxygen atoms in total. The van der Waals surface area contributed by atoms with Gasteiger partial charge in [-0.25, -0.2) is 13.1 Å². The van der Waals surface area contributed by atoms with Gasteiger partial charge < -0.3 is 4.90 Å². The van der Waals surface area contributed by atoms with Crippen LogP contribution >= 0.6 is 0 Å². The van der Waals surface area contributed by atoms with Gasteiger partial charge in [-0.1, -0.05) is 49.4 Å². The number of hydrogen-bond acceptors (Lipinski definition) is 3. The lowest BCUT2D eigenvalue weighted by molar-refractivity contribution is -0.131. The summed E-state index contributed by atoms with van der Waals surface area (Å²) in [6.07, 6.45) is 1.38. The zero-order valence-corrected chi connectivity index (χ0v) is 15.7. The average molecular weight is 372 g/mol. The minimum absolute atomic E-state index is 0.0126. The van der Waals surface area contributed by atoms with E-state index in [-0.39, 0.29) is 17.7 Å². The topological polar surface area (TPSA) is 66.5 Å². The van der Waals surface area contributed by atoms with E-state index in [2.05, 4.69) is 29.0 Å². The zero-order chi connectivity index (χ0) is 18.3. The van der Waals surface area contributed by atoms with Gasteiger partial charge in [-0.3, -0.25) is 4.79 Å². The summed E-state index contributed by atoms with van der Waals surface area (Å²) in [5.74, 6) is 0.344. The molecule has 2 aromatic rings. The highest BCUT2D eigenvalue weighted by Gasteiger charge is 2.48. The first-order valence-corrected chi connectivity index (χ1v) is 10.8. The van der Waals surface area contributed by atoms with Crippen molar-refractivity contribution in [1.29, 1.82) is 0 Å². The molecule has 26 heavy (non-hydrogen) atoms. The maximum absolute atomic E-state index is 12.9. The summed E-state index contributed by atoms with van der Waals surface area (Å²) in [6, 6.07) is 14.5. The molecular weight excluding hydrogens is 348 g/mol. The van der Waals surface area contributed by atoms with Crippen molar-refractivity contribution in [2.75, 3.05) is 19.6 Å². The zero-order valence-electron chi connectivity index (χ0n) is 14.9.